The van der Waals surface area contributed by atoms with Crippen LogP contribution in [0.3, 0.4) is 0 Å². The third-order valence-corrected chi connectivity index (χ3v) is 4.12. The van der Waals surface area contributed by atoms with Crippen LogP contribution in [0.15, 0.2) is 65.1 Å². The third-order valence-electron chi connectivity index (χ3n) is 3.20. The number of benzene rings is 1. The number of amides is 1. The molecule has 0 atom stereocenters. The lowest BCUT2D eigenvalue weighted by Crippen LogP contribution is -2.21. The molecule has 3 aromatic rings. The highest BCUT2D eigenvalue weighted by Crippen LogP contribution is 2.17. The number of para-hydroxylation sites is 1. The molecule has 0 radical (unpaired) electrons. The maximum absolute atomic E-state index is 12.0. The summed E-state index contributed by atoms with van der Waals surface area (Å²) in [5, 5.41) is 16.2. The second-order valence-electron chi connectivity index (χ2n) is 4.97. The topological polar surface area (TPSA) is 98.0 Å². The highest BCUT2D eigenvalue weighted by molar-refractivity contribution is 7.99. The molecule has 8 nitrogen and oxygen atoms in total. The molecule has 3 rings (SSSR count). The van der Waals surface area contributed by atoms with E-state index in [9.17, 15) is 4.79 Å². The standard InChI is InChI=1S/C16H15N7OS/c1-12(13-6-5-9-17-10-13)18-19-15(24)11-25-16-20-21-22-23(16)14-7-3-2-4-8-14/h2-10H,11H2,1H3,(H,19,24)/b18-12+. The Kier molecular flexibility index (Phi) is 5.47. The number of nitrogens with one attached hydrogen (secondary N) is 1. The number of carbonyl (C=O) groups is 1. The Bertz CT molecular complexity index is 864. The summed E-state index contributed by atoms with van der Waals surface area (Å²) in [4.78, 5) is 16.0. The first-order valence-corrected chi connectivity index (χ1v) is 8.43. The Morgan fingerprint density at radius 3 is 2.84 bits per heavy atom. The molecule has 0 saturated carbocycles. The summed E-state index contributed by atoms with van der Waals surface area (Å²) in [5.41, 5.74) is 4.89. The van der Waals surface area contributed by atoms with Crippen LogP contribution in [0.5, 0.6) is 0 Å². The number of nitrogens with zero attached hydrogens (tertiary/aromatic N) is 6. The summed E-state index contributed by atoms with van der Waals surface area (Å²) in [6, 6.07) is 13.2. The summed E-state index contributed by atoms with van der Waals surface area (Å²) in [6.45, 7) is 1.81. The van der Waals surface area contributed by atoms with Crippen LogP contribution in [0.1, 0.15) is 12.5 Å². The van der Waals surface area contributed by atoms with Crippen LogP contribution in [-0.2, 0) is 4.79 Å². The van der Waals surface area contributed by atoms with Gasteiger partial charge in [0.05, 0.1) is 17.2 Å². The van der Waals surface area contributed by atoms with E-state index < -0.39 is 0 Å². The monoisotopic (exact) mass is 353 g/mol. The predicted octanol–water partition coefficient (Wildman–Crippen LogP) is 1.69. The molecule has 0 aliphatic carbocycles. The highest BCUT2D eigenvalue weighted by atomic mass is 32.2. The predicted molar refractivity (Wildman–Crippen MR) is 94.5 cm³/mol. The second kappa shape index (κ2) is 8.15. The molecule has 126 valence electrons. The smallest absolute Gasteiger partial charge is 0.250 e. The van der Waals surface area contributed by atoms with Gasteiger partial charge in [0.1, 0.15) is 0 Å². The van der Waals surface area contributed by atoms with E-state index in [0.29, 0.717) is 10.9 Å². The van der Waals surface area contributed by atoms with Gasteiger partial charge in [0, 0.05) is 18.0 Å². The van der Waals surface area contributed by atoms with E-state index in [4.69, 9.17) is 0 Å². The zero-order chi connectivity index (χ0) is 17.5. The Morgan fingerprint density at radius 1 is 1.24 bits per heavy atom. The molecule has 2 heterocycles. The first kappa shape index (κ1) is 16.8. The van der Waals surface area contributed by atoms with Gasteiger partial charge < -0.3 is 0 Å². The Balaban J connectivity index is 1.58. The van der Waals surface area contributed by atoms with Crippen LogP contribution >= 0.6 is 11.8 Å². The molecule has 0 bridgehead atoms. The van der Waals surface area contributed by atoms with Gasteiger partial charge in [-0.25, -0.2) is 5.43 Å². The van der Waals surface area contributed by atoms with Crippen molar-refractivity contribution in [2.75, 3.05) is 5.75 Å². The number of tetrazole rings is 1. The largest absolute Gasteiger partial charge is 0.272 e. The Hall–Kier alpha value is -3.07. The normalized spacial score (nSPS) is 11.3. The number of hydrazone groups is 1. The van der Waals surface area contributed by atoms with Gasteiger partial charge in [0.25, 0.3) is 5.91 Å². The molecule has 1 N–H and O–H groups in total. The molecule has 1 amide bonds. The molecule has 0 spiro atoms. The van der Waals surface area contributed by atoms with Gasteiger partial charge in [-0.3, -0.25) is 9.78 Å². The number of rotatable bonds is 6. The van der Waals surface area contributed by atoms with E-state index in [1.807, 2.05) is 42.5 Å². The first-order valence-electron chi connectivity index (χ1n) is 7.44. The quantitative estimate of drug-likeness (QED) is 0.411. The molecule has 1 aromatic carbocycles. The van der Waals surface area contributed by atoms with Gasteiger partial charge in [-0.05, 0) is 35.5 Å². The number of hydrogen-bond acceptors (Lipinski definition) is 7. The van der Waals surface area contributed by atoms with Crippen molar-refractivity contribution in [3.05, 3.63) is 60.4 Å². The summed E-state index contributed by atoms with van der Waals surface area (Å²) in [6.07, 6.45) is 3.37. The minimum atomic E-state index is -0.240. The van der Waals surface area contributed by atoms with Crippen molar-refractivity contribution in [2.24, 2.45) is 5.10 Å². The zero-order valence-corrected chi connectivity index (χ0v) is 14.2. The van der Waals surface area contributed by atoms with Gasteiger partial charge in [-0.1, -0.05) is 36.0 Å². The van der Waals surface area contributed by atoms with Crippen molar-refractivity contribution in [1.29, 1.82) is 0 Å². The second-order valence-corrected chi connectivity index (χ2v) is 5.91. The number of pyridine rings is 1. The average Bonchev–Trinajstić information content (AvgIpc) is 3.14. The fraction of sp³-hybridized carbons (Fsp3) is 0.125. The fourth-order valence-corrected chi connectivity index (χ4v) is 2.63. The maximum Gasteiger partial charge on any atom is 0.250 e. The van der Waals surface area contributed by atoms with E-state index in [-0.39, 0.29) is 11.7 Å². The van der Waals surface area contributed by atoms with Crippen molar-refractivity contribution < 1.29 is 4.79 Å². The van der Waals surface area contributed by atoms with Crippen LogP contribution in [0.2, 0.25) is 0 Å². The molecule has 9 heteroatoms. The van der Waals surface area contributed by atoms with Gasteiger partial charge in [0.2, 0.25) is 5.16 Å². The minimum absolute atomic E-state index is 0.150. The van der Waals surface area contributed by atoms with Crippen LogP contribution in [0, 0.1) is 0 Å². The number of aromatic nitrogens is 5. The lowest BCUT2D eigenvalue weighted by Gasteiger charge is -2.04. The summed E-state index contributed by atoms with van der Waals surface area (Å²) in [7, 11) is 0. The van der Waals surface area contributed by atoms with Crippen molar-refractivity contribution in [3.63, 3.8) is 0 Å². The van der Waals surface area contributed by atoms with Gasteiger partial charge >= 0.3 is 0 Å². The van der Waals surface area contributed by atoms with Gasteiger partial charge in [-0.2, -0.15) is 9.78 Å². The number of hydrogen-bond donors (Lipinski definition) is 1. The lowest BCUT2D eigenvalue weighted by molar-refractivity contribution is -0.118. The van der Waals surface area contributed by atoms with Gasteiger partial charge in [-0.15, -0.1) is 5.10 Å². The molecular formula is C16H15N7OS. The summed E-state index contributed by atoms with van der Waals surface area (Å²) >= 11 is 1.24. The van der Waals surface area contributed by atoms with Crippen molar-refractivity contribution in [3.8, 4) is 5.69 Å². The van der Waals surface area contributed by atoms with Crippen LogP contribution in [0.4, 0.5) is 0 Å². The first-order chi connectivity index (χ1) is 12.2. The third kappa shape index (κ3) is 4.48. The van der Waals surface area contributed by atoms with Crippen molar-refractivity contribution in [2.45, 2.75) is 12.1 Å². The molecule has 0 fully saturated rings. The highest BCUT2D eigenvalue weighted by Gasteiger charge is 2.11. The van der Waals surface area contributed by atoms with E-state index in [2.05, 4.69) is 31.0 Å². The minimum Gasteiger partial charge on any atom is -0.272 e. The molecule has 25 heavy (non-hydrogen) atoms. The zero-order valence-electron chi connectivity index (χ0n) is 13.4. The molecule has 2 aromatic heterocycles. The Labute approximate surface area is 148 Å². The van der Waals surface area contributed by atoms with Crippen LogP contribution < -0.4 is 5.43 Å². The SMILES string of the molecule is C/C(=N\NC(=O)CSc1nnnn1-c1ccccc1)c1cccnc1. The molecular weight excluding hydrogens is 338 g/mol. The molecule has 0 aliphatic heterocycles. The Morgan fingerprint density at radius 2 is 2.08 bits per heavy atom. The summed E-state index contributed by atoms with van der Waals surface area (Å²) < 4.78 is 1.59. The van der Waals surface area contributed by atoms with Crippen LogP contribution in [-0.4, -0.2) is 42.6 Å². The van der Waals surface area contributed by atoms with E-state index in [1.54, 1.807) is 24.0 Å². The molecule has 0 unspecified atom stereocenters. The lowest BCUT2D eigenvalue weighted by atomic mass is 10.2. The van der Waals surface area contributed by atoms with Crippen LogP contribution in [0.25, 0.3) is 5.69 Å². The van der Waals surface area contributed by atoms with Gasteiger partial charge in [0.15, 0.2) is 0 Å². The fourth-order valence-electron chi connectivity index (χ4n) is 1.95. The van der Waals surface area contributed by atoms with E-state index in [1.165, 1.54) is 11.8 Å². The van der Waals surface area contributed by atoms with Crippen molar-refractivity contribution >= 4 is 23.4 Å². The maximum atomic E-state index is 12.0. The molecule has 0 saturated heterocycles. The van der Waals surface area contributed by atoms with E-state index in [0.717, 1.165) is 11.3 Å². The summed E-state index contributed by atoms with van der Waals surface area (Å²) in [5.74, 6) is -0.0901. The molecule has 0 aliphatic rings. The average molecular weight is 353 g/mol. The number of thioether (sulfide) groups is 1. The van der Waals surface area contributed by atoms with Crippen molar-refractivity contribution in [1.82, 2.24) is 30.6 Å². The number of carbonyl (C=O) groups excluding carboxylic acids is 1. The van der Waals surface area contributed by atoms with E-state index >= 15 is 0 Å².